The molecule has 162 valence electrons. The fourth-order valence-corrected chi connectivity index (χ4v) is 3.13. The molecule has 1 fully saturated rings. The van der Waals surface area contributed by atoms with Gasteiger partial charge in [0.25, 0.3) is 0 Å². The molecule has 3 rings (SSSR count). The van der Waals surface area contributed by atoms with Crippen LogP contribution in [-0.4, -0.2) is 28.6 Å². The van der Waals surface area contributed by atoms with E-state index in [0.29, 0.717) is 35.5 Å². The van der Waals surface area contributed by atoms with E-state index < -0.39 is 17.8 Å². The van der Waals surface area contributed by atoms with Crippen molar-refractivity contribution in [3.63, 3.8) is 0 Å². The van der Waals surface area contributed by atoms with Crippen molar-refractivity contribution in [3.8, 4) is 5.75 Å². The Kier molecular flexibility index (Phi) is 6.64. The van der Waals surface area contributed by atoms with Crippen molar-refractivity contribution in [2.24, 2.45) is 17.6 Å². The summed E-state index contributed by atoms with van der Waals surface area (Å²) in [4.78, 5) is 41.2. The average Bonchev–Trinajstić information content (AvgIpc) is 3.56. The maximum atomic E-state index is 12.7. The van der Waals surface area contributed by atoms with Crippen molar-refractivity contribution in [1.29, 1.82) is 5.41 Å². The summed E-state index contributed by atoms with van der Waals surface area (Å²) in [7, 11) is 0. The largest absolute Gasteiger partial charge is 0.424 e. The van der Waals surface area contributed by atoms with Crippen LogP contribution in [0.5, 0.6) is 5.75 Å². The lowest BCUT2D eigenvalue weighted by Gasteiger charge is -2.14. The zero-order valence-electron chi connectivity index (χ0n) is 17.4. The molecule has 9 nitrogen and oxygen atoms in total. The molecule has 0 aliphatic heterocycles. The van der Waals surface area contributed by atoms with E-state index in [1.807, 2.05) is 6.92 Å². The van der Waals surface area contributed by atoms with E-state index >= 15 is 0 Å². The highest BCUT2D eigenvalue weighted by atomic mass is 16.5. The van der Waals surface area contributed by atoms with Gasteiger partial charge >= 0.3 is 5.97 Å². The quantitative estimate of drug-likeness (QED) is 0.291. The summed E-state index contributed by atoms with van der Waals surface area (Å²) in [6.45, 7) is 3.57. The number of anilines is 2. The number of aryl methyl sites for hydroxylation is 1. The van der Waals surface area contributed by atoms with Crippen molar-refractivity contribution in [2.45, 2.75) is 33.1 Å². The number of benzene rings is 1. The van der Waals surface area contributed by atoms with E-state index in [2.05, 4.69) is 15.6 Å². The van der Waals surface area contributed by atoms with Gasteiger partial charge in [0.15, 0.2) is 5.75 Å². The van der Waals surface area contributed by atoms with Crippen LogP contribution in [0.15, 0.2) is 36.5 Å². The van der Waals surface area contributed by atoms with Crippen molar-refractivity contribution < 1.29 is 19.1 Å². The highest BCUT2D eigenvalue weighted by Crippen LogP contribution is 2.41. The van der Waals surface area contributed by atoms with E-state index in [1.54, 1.807) is 31.2 Å². The molecule has 5 N–H and O–H groups in total. The first kappa shape index (κ1) is 21.9. The van der Waals surface area contributed by atoms with Crippen LogP contribution < -0.4 is 21.1 Å². The predicted octanol–water partition coefficient (Wildman–Crippen LogP) is 2.46. The lowest BCUT2D eigenvalue weighted by molar-refractivity contribution is -0.134. The van der Waals surface area contributed by atoms with Crippen LogP contribution in [0.3, 0.4) is 0 Å². The summed E-state index contributed by atoms with van der Waals surface area (Å²) in [5.41, 5.74) is 7.51. The third kappa shape index (κ3) is 5.25. The molecule has 2 unspecified atom stereocenters. The molecule has 1 aliphatic carbocycles. The Morgan fingerprint density at radius 2 is 1.74 bits per heavy atom. The number of aromatic nitrogens is 1. The summed E-state index contributed by atoms with van der Waals surface area (Å²) in [6.07, 6.45) is 2.69. The number of esters is 1. The Labute approximate surface area is 179 Å². The molecule has 2 atom stereocenters. The lowest BCUT2D eigenvalue weighted by Crippen LogP contribution is -2.22. The van der Waals surface area contributed by atoms with Gasteiger partial charge in [-0.25, -0.2) is 0 Å². The third-order valence-electron chi connectivity index (χ3n) is 5.01. The highest BCUT2D eigenvalue weighted by Gasteiger charge is 2.48. The van der Waals surface area contributed by atoms with E-state index in [4.69, 9.17) is 15.9 Å². The van der Waals surface area contributed by atoms with Gasteiger partial charge in [-0.3, -0.25) is 24.8 Å². The number of rotatable bonds is 8. The topological polar surface area (TPSA) is 147 Å². The fraction of sp³-hybridized carbons (Fsp3) is 0.318. The molecule has 9 heteroatoms. The monoisotopic (exact) mass is 423 g/mol. The molecule has 1 aromatic heterocycles. The van der Waals surface area contributed by atoms with Gasteiger partial charge in [-0.05, 0) is 37.1 Å². The Morgan fingerprint density at radius 3 is 2.32 bits per heavy atom. The highest BCUT2D eigenvalue weighted by molar-refractivity contribution is 6.04. The number of amides is 2. The Morgan fingerprint density at radius 1 is 1.10 bits per heavy atom. The van der Waals surface area contributed by atoms with Crippen LogP contribution in [0.1, 0.15) is 37.9 Å². The Balaban J connectivity index is 1.64. The molecule has 31 heavy (non-hydrogen) atoms. The van der Waals surface area contributed by atoms with Crippen molar-refractivity contribution in [1.82, 2.24) is 4.98 Å². The van der Waals surface area contributed by atoms with E-state index in [-0.39, 0.29) is 29.8 Å². The number of nitrogens with zero attached hydrogens (tertiary/aromatic N) is 1. The molecule has 0 bridgehead atoms. The summed E-state index contributed by atoms with van der Waals surface area (Å²) >= 11 is 0. The standard InChI is InChI=1S/C22H25N5O4/c1-3-16-19(17(9-10-25-16)31-18(28)4-2)27-22(30)15-11-14(15)21(29)26-13-7-5-12(6-8-13)20(23)24/h5-10,14-15H,3-4,11H2,1-2H3,(H3,23,24)(H,26,29)(H,27,30). The summed E-state index contributed by atoms with van der Waals surface area (Å²) in [6, 6.07) is 8.13. The minimum absolute atomic E-state index is 0.0531. The molecular weight excluding hydrogens is 398 g/mol. The fourth-order valence-electron chi connectivity index (χ4n) is 3.13. The summed E-state index contributed by atoms with van der Waals surface area (Å²) < 4.78 is 5.32. The number of hydrogen-bond acceptors (Lipinski definition) is 6. The van der Waals surface area contributed by atoms with Crippen LogP contribution in [0, 0.1) is 17.2 Å². The van der Waals surface area contributed by atoms with Gasteiger partial charge in [0.2, 0.25) is 11.8 Å². The lowest BCUT2D eigenvalue weighted by atomic mass is 10.2. The average molecular weight is 423 g/mol. The van der Waals surface area contributed by atoms with Crippen LogP contribution in [-0.2, 0) is 20.8 Å². The molecule has 1 aromatic carbocycles. The number of carbonyl (C=O) groups is 3. The molecule has 1 saturated carbocycles. The molecule has 0 radical (unpaired) electrons. The summed E-state index contributed by atoms with van der Waals surface area (Å²) in [5, 5.41) is 13.0. The zero-order chi connectivity index (χ0) is 22.5. The van der Waals surface area contributed by atoms with E-state index in [1.165, 1.54) is 12.3 Å². The zero-order valence-corrected chi connectivity index (χ0v) is 17.4. The maximum absolute atomic E-state index is 12.7. The van der Waals surface area contributed by atoms with Crippen molar-refractivity contribution >= 4 is 35.0 Å². The molecule has 1 aliphatic rings. The number of nitrogens with one attached hydrogen (secondary N) is 3. The number of pyridine rings is 1. The normalized spacial score (nSPS) is 16.8. The van der Waals surface area contributed by atoms with Gasteiger partial charge in [-0.15, -0.1) is 0 Å². The minimum atomic E-state index is -0.476. The van der Waals surface area contributed by atoms with E-state index in [0.717, 1.165) is 0 Å². The number of nitrogen functional groups attached to an aromatic ring is 1. The Bertz CT molecular complexity index is 1020. The van der Waals surface area contributed by atoms with Gasteiger partial charge in [-0.1, -0.05) is 13.8 Å². The van der Waals surface area contributed by atoms with E-state index in [9.17, 15) is 14.4 Å². The first-order valence-corrected chi connectivity index (χ1v) is 10.1. The SMILES string of the molecule is CCC(=O)Oc1ccnc(CC)c1NC(=O)C1CC1C(=O)Nc1ccc(C(=N)N)cc1. The first-order chi connectivity index (χ1) is 14.8. The van der Waals surface area contributed by atoms with Crippen LogP contribution in [0.2, 0.25) is 0 Å². The van der Waals surface area contributed by atoms with Crippen LogP contribution in [0.4, 0.5) is 11.4 Å². The van der Waals surface area contributed by atoms with Crippen LogP contribution in [0.25, 0.3) is 0 Å². The first-order valence-electron chi connectivity index (χ1n) is 10.1. The smallest absolute Gasteiger partial charge is 0.310 e. The molecular formula is C22H25N5O4. The number of amidine groups is 1. The molecule has 2 aromatic rings. The second-order valence-electron chi connectivity index (χ2n) is 7.23. The second kappa shape index (κ2) is 9.38. The van der Waals surface area contributed by atoms with Crippen molar-refractivity contribution in [2.75, 3.05) is 10.6 Å². The van der Waals surface area contributed by atoms with Gasteiger partial charge in [0.1, 0.15) is 11.5 Å². The molecule has 0 spiro atoms. The molecule has 0 saturated heterocycles. The maximum Gasteiger partial charge on any atom is 0.310 e. The van der Waals surface area contributed by atoms with Gasteiger partial charge < -0.3 is 21.1 Å². The Hall–Kier alpha value is -3.75. The van der Waals surface area contributed by atoms with Crippen molar-refractivity contribution in [3.05, 3.63) is 47.8 Å². The number of ether oxygens (including phenoxy) is 1. The number of nitrogens with two attached hydrogens (primary N) is 1. The van der Waals surface area contributed by atoms with Crippen LogP contribution >= 0.6 is 0 Å². The van der Waals surface area contributed by atoms with Gasteiger partial charge in [-0.2, -0.15) is 0 Å². The third-order valence-corrected chi connectivity index (χ3v) is 5.01. The molecule has 2 amide bonds. The minimum Gasteiger partial charge on any atom is -0.424 e. The number of hydrogen-bond donors (Lipinski definition) is 4. The second-order valence-corrected chi connectivity index (χ2v) is 7.23. The number of carbonyl (C=O) groups excluding carboxylic acids is 3. The summed E-state index contributed by atoms with van der Waals surface area (Å²) in [5.74, 6) is -1.71. The molecule has 1 heterocycles. The predicted molar refractivity (Wildman–Crippen MR) is 116 cm³/mol. The van der Waals surface area contributed by atoms with Gasteiger partial charge in [0.05, 0.1) is 17.5 Å². The van der Waals surface area contributed by atoms with Gasteiger partial charge in [0, 0.05) is 29.9 Å².